The molecule has 1 aromatic heterocycles. The van der Waals surface area contributed by atoms with Crippen molar-refractivity contribution in [1.29, 1.82) is 0 Å². The Morgan fingerprint density at radius 3 is 2.64 bits per heavy atom. The summed E-state index contributed by atoms with van der Waals surface area (Å²) in [5, 5.41) is 0. The highest BCUT2D eigenvalue weighted by molar-refractivity contribution is 5.16. The van der Waals surface area contributed by atoms with E-state index in [-0.39, 0.29) is 6.10 Å². The molecule has 1 aromatic rings. The van der Waals surface area contributed by atoms with Crippen molar-refractivity contribution in [2.45, 2.75) is 26.9 Å². The fourth-order valence-corrected chi connectivity index (χ4v) is 0.970. The Hall–Kier alpha value is -1.09. The van der Waals surface area contributed by atoms with Gasteiger partial charge >= 0.3 is 0 Å². The number of hydrogen-bond acceptors (Lipinski definition) is 3. The van der Waals surface area contributed by atoms with Crippen LogP contribution in [-0.4, -0.2) is 24.3 Å². The summed E-state index contributed by atoms with van der Waals surface area (Å²) in [6, 6.07) is 3.84. The summed E-state index contributed by atoms with van der Waals surface area (Å²) in [5.41, 5.74) is 1.13. The van der Waals surface area contributed by atoms with Crippen molar-refractivity contribution in [2.75, 3.05) is 13.2 Å². The van der Waals surface area contributed by atoms with Crippen molar-refractivity contribution in [3.8, 4) is 5.88 Å². The first-order chi connectivity index (χ1) is 6.68. The van der Waals surface area contributed by atoms with Gasteiger partial charge in [0.2, 0.25) is 5.88 Å². The van der Waals surface area contributed by atoms with E-state index < -0.39 is 0 Å². The normalized spacial score (nSPS) is 10.6. The molecule has 0 saturated heterocycles. The standard InChI is InChI=1S/C11H17NO2/c1-9(2)13-6-7-14-11-5-4-10(3)8-12-11/h4-5,8-9H,6-7H2,1-3H3. The number of ether oxygens (including phenoxy) is 2. The summed E-state index contributed by atoms with van der Waals surface area (Å²) in [5.74, 6) is 0.656. The molecule has 0 amide bonds. The predicted octanol–water partition coefficient (Wildman–Crippen LogP) is 2.19. The number of nitrogens with zero attached hydrogens (tertiary/aromatic N) is 1. The monoisotopic (exact) mass is 195 g/mol. The van der Waals surface area contributed by atoms with Crippen LogP contribution in [0.4, 0.5) is 0 Å². The zero-order chi connectivity index (χ0) is 10.4. The summed E-state index contributed by atoms with van der Waals surface area (Å²) >= 11 is 0. The Balaban J connectivity index is 2.21. The van der Waals surface area contributed by atoms with E-state index >= 15 is 0 Å². The molecule has 3 heteroatoms. The van der Waals surface area contributed by atoms with Gasteiger partial charge in [0.25, 0.3) is 0 Å². The van der Waals surface area contributed by atoms with E-state index in [1.54, 1.807) is 6.20 Å². The van der Waals surface area contributed by atoms with Crippen LogP contribution in [0.1, 0.15) is 19.4 Å². The molecule has 0 aliphatic carbocycles. The Kier molecular flexibility index (Phi) is 4.40. The third-order valence-corrected chi connectivity index (χ3v) is 1.67. The Bertz CT molecular complexity index is 256. The van der Waals surface area contributed by atoms with Crippen molar-refractivity contribution < 1.29 is 9.47 Å². The summed E-state index contributed by atoms with van der Waals surface area (Å²) in [6.45, 7) is 7.16. The molecule has 0 atom stereocenters. The molecule has 0 aliphatic heterocycles. The highest BCUT2D eigenvalue weighted by Crippen LogP contribution is 2.06. The molecule has 3 nitrogen and oxygen atoms in total. The third-order valence-electron chi connectivity index (χ3n) is 1.67. The smallest absolute Gasteiger partial charge is 0.213 e. The van der Waals surface area contributed by atoms with Crippen LogP contribution in [0.5, 0.6) is 5.88 Å². The lowest BCUT2D eigenvalue weighted by atomic mass is 10.3. The number of pyridine rings is 1. The molecule has 0 spiro atoms. The first-order valence-electron chi connectivity index (χ1n) is 4.85. The van der Waals surface area contributed by atoms with E-state index in [9.17, 15) is 0 Å². The molecule has 1 rings (SSSR count). The number of rotatable bonds is 5. The average molecular weight is 195 g/mol. The maximum absolute atomic E-state index is 5.38. The van der Waals surface area contributed by atoms with Crippen LogP contribution in [0.3, 0.4) is 0 Å². The topological polar surface area (TPSA) is 31.4 Å². The van der Waals surface area contributed by atoms with E-state index in [1.807, 2.05) is 32.9 Å². The van der Waals surface area contributed by atoms with Gasteiger partial charge in [-0.2, -0.15) is 0 Å². The second kappa shape index (κ2) is 5.60. The largest absolute Gasteiger partial charge is 0.475 e. The van der Waals surface area contributed by atoms with E-state index in [2.05, 4.69) is 4.98 Å². The molecular weight excluding hydrogens is 178 g/mol. The predicted molar refractivity (Wildman–Crippen MR) is 55.6 cm³/mol. The van der Waals surface area contributed by atoms with Crippen molar-refractivity contribution >= 4 is 0 Å². The minimum Gasteiger partial charge on any atom is -0.475 e. The van der Waals surface area contributed by atoms with Crippen molar-refractivity contribution in [2.24, 2.45) is 0 Å². The van der Waals surface area contributed by atoms with Crippen LogP contribution in [0, 0.1) is 6.92 Å². The van der Waals surface area contributed by atoms with Crippen LogP contribution in [0.15, 0.2) is 18.3 Å². The lowest BCUT2D eigenvalue weighted by Crippen LogP contribution is -2.11. The van der Waals surface area contributed by atoms with E-state index in [1.165, 1.54) is 0 Å². The molecule has 0 unspecified atom stereocenters. The van der Waals surface area contributed by atoms with Gasteiger partial charge in [-0.3, -0.25) is 0 Å². The zero-order valence-corrected chi connectivity index (χ0v) is 8.99. The Labute approximate surface area is 85.1 Å². The SMILES string of the molecule is Cc1ccc(OCCOC(C)C)nc1. The van der Waals surface area contributed by atoms with Crippen LogP contribution in [0.2, 0.25) is 0 Å². The summed E-state index contributed by atoms with van der Waals surface area (Å²) in [7, 11) is 0. The van der Waals surface area contributed by atoms with Crippen LogP contribution in [-0.2, 0) is 4.74 Å². The second-order valence-corrected chi connectivity index (χ2v) is 3.44. The molecule has 78 valence electrons. The van der Waals surface area contributed by atoms with Gasteiger partial charge in [0.05, 0.1) is 12.7 Å². The molecule has 0 aromatic carbocycles. The molecule has 0 N–H and O–H groups in total. The van der Waals surface area contributed by atoms with Crippen molar-refractivity contribution in [3.63, 3.8) is 0 Å². The minimum atomic E-state index is 0.254. The molecule has 0 bridgehead atoms. The van der Waals surface area contributed by atoms with E-state index in [0.29, 0.717) is 19.1 Å². The van der Waals surface area contributed by atoms with Gasteiger partial charge in [-0.15, -0.1) is 0 Å². The fraction of sp³-hybridized carbons (Fsp3) is 0.545. The number of aromatic nitrogens is 1. The molecule has 0 fully saturated rings. The molecule has 0 saturated carbocycles. The quantitative estimate of drug-likeness (QED) is 0.675. The number of aryl methyl sites for hydroxylation is 1. The molecule has 0 aliphatic rings. The highest BCUT2D eigenvalue weighted by atomic mass is 16.5. The van der Waals surface area contributed by atoms with Crippen molar-refractivity contribution in [1.82, 2.24) is 4.98 Å². The van der Waals surface area contributed by atoms with Gasteiger partial charge in [0.15, 0.2) is 0 Å². The van der Waals surface area contributed by atoms with E-state index in [4.69, 9.17) is 9.47 Å². The molecule has 1 heterocycles. The molecule has 14 heavy (non-hydrogen) atoms. The van der Waals surface area contributed by atoms with Gasteiger partial charge in [0.1, 0.15) is 6.61 Å². The van der Waals surface area contributed by atoms with Crippen molar-refractivity contribution in [3.05, 3.63) is 23.9 Å². The Morgan fingerprint density at radius 2 is 2.07 bits per heavy atom. The summed E-state index contributed by atoms with van der Waals surface area (Å²) in [4.78, 5) is 4.12. The number of hydrogen-bond donors (Lipinski definition) is 0. The highest BCUT2D eigenvalue weighted by Gasteiger charge is 1.96. The Morgan fingerprint density at radius 1 is 1.29 bits per heavy atom. The first kappa shape index (κ1) is 11.0. The third kappa shape index (κ3) is 4.23. The van der Waals surface area contributed by atoms with Crippen LogP contribution < -0.4 is 4.74 Å². The van der Waals surface area contributed by atoms with Gasteiger partial charge in [-0.1, -0.05) is 6.07 Å². The second-order valence-electron chi connectivity index (χ2n) is 3.44. The molecule has 0 radical (unpaired) electrons. The average Bonchev–Trinajstić information content (AvgIpc) is 2.15. The van der Waals surface area contributed by atoms with Gasteiger partial charge < -0.3 is 9.47 Å². The molecular formula is C11H17NO2. The minimum absolute atomic E-state index is 0.254. The maximum atomic E-state index is 5.38. The van der Waals surface area contributed by atoms with Crippen LogP contribution >= 0.6 is 0 Å². The lowest BCUT2D eigenvalue weighted by Gasteiger charge is -2.08. The van der Waals surface area contributed by atoms with Gasteiger partial charge in [-0.25, -0.2) is 4.98 Å². The van der Waals surface area contributed by atoms with Gasteiger partial charge in [0, 0.05) is 12.3 Å². The van der Waals surface area contributed by atoms with Gasteiger partial charge in [-0.05, 0) is 26.3 Å². The van der Waals surface area contributed by atoms with Crippen LogP contribution in [0.25, 0.3) is 0 Å². The fourth-order valence-electron chi connectivity index (χ4n) is 0.970. The lowest BCUT2D eigenvalue weighted by molar-refractivity contribution is 0.0542. The summed E-state index contributed by atoms with van der Waals surface area (Å²) < 4.78 is 10.7. The zero-order valence-electron chi connectivity index (χ0n) is 8.99. The first-order valence-corrected chi connectivity index (χ1v) is 4.85. The van der Waals surface area contributed by atoms with E-state index in [0.717, 1.165) is 5.56 Å². The summed E-state index contributed by atoms with van der Waals surface area (Å²) in [6.07, 6.45) is 2.04. The maximum Gasteiger partial charge on any atom is 0.213 e.